The van der Waals surface area contributed by atoms with Gasteiger partial charge in [-0.05, 0) is 37.7 Å². The number of nitrogens with two attached hydrogens (primary N) is 1. The molecular formula is C20H21F3N6. The van der Waals surface area contributed by atoms with Crippen molar-refractivity contribution in [3.63, 3.8) is 0 Å². The molecule has 152 valence electrons. The monoisotopic (exact) mass is 402 g/mol. The highest BCUT2D eigenvalue weighted by atomic mass is 19.4. The van der Waals surface area contributed by atoms with E-state index in [2.05, 4.69) is 20.3 Å². The molecule has 1 atom stereocenters. The molecule has 0 fully saturated rings. The Morgan fingerprint density at radius 1 is 1.00 bits per heavy atom. The second-order valence-electron chi connectivity index (χ2n) is 6.61. The van der Waals surface area contributed by atoms with Gasteiger partial charge in [-0.1, -0.05) is 36.4 Å². The molecule has 0 bridgehead atoms. The lowest BCUT2D eigenvalue weighted by atomic mass is 10.1. The van der Waals surface area contributed by atoms with E-state index < -0.39 is 17.8 Å². The van der Waals surface area contributed by atoms with Crippen LogP contribution in [-0.2, 0) is 12.7 Å². The highest BCUT2D eigenvalue weighted by molar-refractivity contribution is 5.53. The van der Waals surface area contributed by atoms with Gasteiger partial charge in [0, 0.05) is 12.2 Å². The quantitative estimate of drug-likeness (QED) is 0.636. The van der Waals surface area contributed by atoms with Crippen LogP contribution in [0.15, 0.2) is 54.6 Å². The lowest BCUT2D eigenvalue weighted by Crippen LogP contribution is -2.26. The number of alkyl halides is 3. The van der Waals surface area contributed by atoms with Crippen LogP contribution in [0.4, 0.5) is 30.8 Å². The summed E-state index contributed by atoms with van der Waals surface area (Å²) in [6.07, 6.45) is -4.41. The Morgan fingerprint density at radius 3 is 2.34 bits per heavy atom. The summed E-state index contributed by atoms with van der Waals surface area (Å²) in [5.41, 5.74) is 6.12. The summed E-state index contributed by atoms with van der Waals surface area (Å²) in [4.78, 5) is 14.4. The van der Waals surface area contributed by atoms with Gasteiger partial charge in [0.15, 0.2) is 5.82 Å². The van der Waals surface area contributed by atoms with Crippen LogP contribution < -0.4 is 11.1 Å². The van der Waals surface area contributed by atoms with Gasteiger partial charge in [0.1, 0.15) is 0 Å². The van der Waals surface area contributed by atoms with E-state index in [0.717, 1.165) is 11.8 Å². The molecule has 0 spiro atoms. The van der Waals surface area contributed by atoms with Gasteiger partial charge in [-0.15, -0.1) is 0 Å². The SMILES string of the molecule is CC(c1nc(N)nc(Nc2ccccc2)n1)N(C)Cc1ccccc1C(F)(F)F. The van der Waals surface area contributed by atoms with E-state index in [1.165, 1.54) is 12.1 Å². The second-order valence-corrected chi connectivity index (χ2v) is 6.61. The lowest BCUT2D eigenvalue weighted by Gasteiger charge is -2.25. The number of para-hydroxylation sites is 1. The van der Waals surface area contributed by atoms with Gasteiger partial charge in [0.25, 0.3) is 0 Å². The fourth-order valence-corrected chi connectivity index (χ4v) is 2.84. The standard InChI is InChI=1S/C20H21F3N6/c1-13(29(2)12-14-8-6-7-11-16(14)20(21,22)23)17-26-18(24)28-19(27-17)25-15-9-4-3-5-10-15/h3-11,13H,12H2,1-2H3,(H3,24,25,26,27,28). The van der Waals surface area contributed by atoms with Crippen molar-refractivity contribution >= 4 is 17.6 Å². The molecule has 0 saturated carbocycles. The first-order chi connectivity index (χ1) is 13.7. The largest absolute Gasteiger partial charge is 0.416 e. The maximum Gasteiger partial charge on any atom is 0.416 e. The molecule has 9 heteroatoms. The molecule has 0 amide bonds. The van der Waals surface area contributed by atoms with E-state index in [-0.39, 0.29) is 24.0 Å². The average Bonchev–Trinajstić information content (AvgIpc) is 2.67. The van der Waals surface area contributed by atoms with Crippen LogP contribution in [-0.4, -0.2) is 26.9 Å². The molecule has 0 aliphatic carbocycles. The lowest BCUT2D eigenvalue weighted by molar-refractivity contribution is -0.138. The third-order valence-corrected chi connectivity index (χ3v) is 4.48. The van der Waals surface area contributed by atoms with Crippen LogP contribution in [0, 0.1) is 0 Å². The molecule has 0 saturated heterocycles. The summed E-state index contributed by atoms with van der Waals surface area (Å²) < 4.78 is 39.8. The second kappa shape index (κ2) is 8.44. The smallest absolute Gasteiger partial charge is 0.368 e. The molecule has 3 rings (SSSR count). The molecule has 1 aromatic heterocycles. The van der Waals surface area contributed by atoms with Crippen molar-refractivity contribution in [2.45, 2.75) is 25.7 Å². The van der Waals surface area contributed by atoms with E-state index in [9.17, 15) is 13.2 Å². The number of halogens is 3. The van der Waals surface area contributed by atoms with Crippen molar-refractivity contribution in [3.8, 4) is 0 Å². The van der Waals surface area contributed by atoms with Crippen molar-refractivity contribution in [1.29, 1.82) is 0 Å². The van der Waals surface area contributed by atoms with Crippen molar-refractivity contribution in [3.05, 3.63) is 71.5 Å². The highest BCUT2D eigenvalue weighted by Gasteiger charge is 2.33. The van der Waals surface area contributed by atoms with Gasteiger partial charge in [-0.2, -0.15) is 28.1 Å². The molecule has 3 N–H and O–H groups in total. The Balaban J connectivity index is 1.81. The van der Waals surface area contributed by atoms with Gasteiger partial charge < -0.3 is 11.1 Å². The van der Waals surface area contributed by atoms with Gasteiger partial charge in [0.05, 0.1) is 11.6 Å². The van der Waals surface area contributed by atoms with Crippen LogP contribution in [0.25, 0.3) is 0 Å². The minimum Gasteiger partial charge on any atom is -0.368 e. The zero-order valence-corrected chi connectivity index (χ0v) is 16.0. The summed E-state index contributed by atoms with van der Waals surface area (Å²) in [5.74, 6) is 0.668. The number of nitrogen functional groups attached to an aromatic ring is 1. The molecule has 6 nitrogen and oxygen atoms in total. The van der Waals surface area contributed by atoms with E-state index in [0.29, 0.717) is 5.82 Å². The van der Waals surface area contributed by atoms with Crippen LogP contribution in [0.3, 0.4) is 0 Å². The zero-order valence-electron chi connectivity index (χ0n) is 16.0. The minimum absolute atomic E-state index is 0.0318. The van der Waals surface area contributed by atoms with Crippen LogP contribution >= 0.6 is 0 Å². The third kappa shape index (κ3) is 5.20. The van der Waals surface area contributed by atoms with Crippen molar-refractivity contribution in [1.82, 2.24) is 19.9 Å². The maximum absolute atomic E-state index is 13.3. The summed E-state index contributed by atoms with van der Waals surface area (Å²) in [6.45, 7) is 1.88. The molecule has 29 heavy (non-hydrogen) atoms. The first kappa shape index (κ1) is 20.5. The van der Waals surface area contributed by atoms with Gasteiger partial charge >= 0.3 is 6.18 Å². The summed E-state index contributed by atoms with van der Waals surface area (Å²) in [7, 11) is 1.71. The Bertz CT molecular complexity index is 962. The van der Waals surface area contributed by atoms with Gasteiger partial charge in [0.2, 0.25) is 11.9 Å². The molecular weight excluding hydrogens is 381 g/mol. The van der Waals surface area contributed by atoms with Crippen molar-refractivity contribution < 1.29 is 13.2 Å². The molecule has 0 aliphatic heterocycles. The molecule has 1 heterocycles. The number of benzene rings is 2. The first-order valence-electron chi connectivity index (χ1n) is 8.93. The Hall–Kier alpha value is -3.20. The number of anilines is 3. The van der Waals surface area contributed by atoms with E-state index in [1.807, 2.05) is 30.3 Å². The van der Waals surface area contributed by atoms with E-state index in [4.69, 9.17) is 5.73 Å². The zero-order chi connectivity index (χ0) is 21.0. The number of nitrogens with zero attached hydrogens (tertiary/aromatic N) is 4. The summed E-state index contributed by atoms with van der Waals surface area (Å²) in [6, 6.07) is 14.4. The number of hydrogen-bond donors (Lipinski definition) is 2. The minimum atomic E-state index is -4.41. The van der Waals surface area contributed by atoms with Crippen LogP contribution in [0.2, 0.25) is 0 Å². The van der Waals surface area contributed by atoms with Crippen LogP contribution in [0.5, 0.6) is 0 Å². The molecule has 0 aliphatic rings. The molecule has 0 radical (unpaired) electrons. The topological polar surface area (TPSA) is 80.0 Å². The van der Waals surface area contributed by atoms with Crippen molar-refractivity contribution in [2.24, 2.45) is 0 Å². The fourth-order valence-electron chi connectivity index (χ4n) is 2.84. The molecule has 1 unspecified atom stereocenters. The summed E-state index contributed by atoms with van der Waals surface area (Å²) >= 11 is 0. The van der Waals surface area contributed by atoms with Gasteiger partial charge in [-0.25, -0.2) is 0 Å². The van der Waals surface area contributed by atoms with E-state index in [1.54, 1.807) is 24.9 Å². The number of hydrogen-bond acceptors (Lipinski definition) is 6. The number of nitrogens with one attached hydrogen (secondary N) is 1. The molecule has 2 aromatic carbocycles. The Labute approximate surface area is 166 Å². The highest BCUT2D eigenvalue weighted by Crippen LogP contribution is 2.33. The number of rotatable bonds is 6. The Morgan fingerprint density at radius 2 is 1.66 bits per heavy atom. The van der Waals surface area contributed by atoms with Crippen molar-refractivity contribution in [2.75, 3.05) is 18.1 Å². The molecule has 3 aromatic rings. The average molecular weight is 402 g/mol. The fraction of sp³-hybridized carbons (Fsp3) is 0.250. The van der Waals surface area contributed by atoms with Crippen LogP contribution in [0.1, 0.15) is 29.9 Å². The predicted molar refractivity (Wildman–Crippen MR) is 105 cm³/mol. The maximum atomic E-state index is 13.3. The normalized spacial score (nSPS) is 12.8. The summed E-state index contributed by atoms with van der Waals surface area (Å²) in [5, 5.41) is 3.05. The van der Waals surface area contributed by atoms with Gasteiger partial charge in [-0.3, -0.25) is 4.90 Å². The number of aromatic nitrogens is 3. The third-order valence-electron chi connectivity index (χ3n) is 4.48. The predicted octanol–water partition coefficient (Wildman–Crippen LogP) is 4.41. The van der Waals surface area contributed by atoms with E-state index >= 15 is 0 Å². The Kier molecular flexibility index (Phi) is 5.97. The first-order valence-corrected chi connectivity index (χ1v) is 8.93.